The molecule has 11 nitrogen and oxygen atoms in total. The Morgan fingerprint density at radius 2 is 2.05 bits per heavy atom. The van der Waals surface area contributed by atoms with Crippen LogP contribution in [0.15, 0.2) is 42.9 Å². The molecule has 0 bridgehead atoms. The first-order chi connectivity index (χ1) is 18.1. The van der Waals surface area contributed by atoms with Crippen LogP contribution in [0.25, 0.3) is 0 Å². The maximum absolute atomic E-state index is 13.6. The van der Waals surface area contributed by atoms with Gasteiger partial charge in [-0.05, 0) is 42.5 Å². The summed E-state index contributed by atoms with van der Waals surface area (Å²) in [7, 11) is -4.19. The molecular formula is C25H28N4O7S2. The van der Waals surface area contributed by atoms with Crippen molar-refractivity contribution in [1.29, 1.82) is 0 Å². The van der Waals surface area contributed by atoms with Crippen LogP contribution < -0.4 is 10.5 Å². The number of nitrogens with two attached hydrogens (primary N) is 1. The molecule has 1 fully saturated rings. The van der Waals surface area contributed by atoms with Crippen molar-refractivity contribution in [2.24, 2.45) is 11.1 Å². The molecule has 2 aliphatic rings. The van der Waals surface area contributed by atoms with Gasteiger partial charge in [0.1, 0.15) is 24.4 Å². The fraction of sp³-hybridized carbons (Fsp3) is 0.400. The van der Waals surface area contributed by atoms with Crippen LogP contribution in [0.1, 0.15) is 49.3 Å². The average Bonchev–Trinajstić information content (AvgIpc) is 3.41. The van der Waals surface area contributed by atoms with E-state index < -0.39 is 34.5 Å². The fourth-order valence-electron chi connectivity index (χ4n) is 5.05. The molecule has 3 heterocycles. The predicted octanol–water partition coefficient (Wildman–Crippen LogP) is 1.48. The Kier molecular flexibility index (Phi) is 7.60. The quantitative estimate of drug-likeness (QED) is 0.296. The summed E-state index contributed by atoms with van der Waals surface area (Å²) in [6.45, 7) is 2.17. The van der Waals surface area contributed by atoms with Crippen molar-refractivity contribution in [3.8, 4) is 0 Å². The van der Waals surface area contributed by atoms with Gasteiger partial charge in [0.25, 0.3) is 0 Å². The van der Waals surface area contributed by atoms with E-state index >= 15 is 0 Å². The largest absolute Gasteiger partial charge is 0.390 e. The number of nitrogens with zero attached hydrogens (tertiary/aromatic N) is 2. The molecule has 0 radical (unpaired) electrons. The summed E-state index contributed by atoms with van der Waals surface area (Å²) in [6.07, 6.45) is 0.922. The highest BCUT2D eigenvalue weighted by atomic mass is 32.2. The third-order valence-corrected chi connectivity index (χ3v) is 8.51. The van der Waals surface area contributed by atoms with Crippen molar-refractivity contribution in [3.05, 3.63) is 74.9 Å². The second kappa shape index (κ2) is 10.8. The summed E-state index contributed by atoms with van der Waals surface area (Å²) < 4.78 is 33.0. The molecule has 0 saturated heterocycles. The van der Waals surface area contributed by atoms with Gasteiger partial charge in [0, 0.05) is 17.0 Å². The Morgan fingerprint density at radius 3 is 2.84 bits per heavy atom. The van der Waals surface area contributed by atoms with E-state index in [0.29, 0.717) is 11.5 Å². The van der Waals surface area contributed by atoms with E-state index in [9.17, 15) is 23.4 Å². The molecule has 1 aliphatic carbocycles. The van der Waals surface area contributed by atoms with Crippen molar-refractivity contribution >= 4 is 33.2 Å². The number of hydrogen-bond acceptors (Lipinski definition) is 11. The molecule has 1 saturated carbocycles. The van der Waals surface area contributed by atoms with Crippen LogP contribution in [0.3, 0.4) is 0 Å². The van der Waals surface area contributed by atoms with Gasteiger partial charge in [-0.3, -0.25) is 8.98 Å². The predicted molar refractivity (Wildman–Crippen MR) is 139 cm³/mol. The molecule has 202 valence electrons. The van der Waals surface area contributed by atoms with Gasteiger partial charge in [0.15, 0.2) is 0 Å². The minimum atomic E-state index is -4.19. The number of aryl methyl sites for hydroxylation is 1. The Labute approximate surface area is 223 Å². The zero-order chi connectivity index (χ0) is 27.0. The van der Waals surface area contributed by atoms with E-state index in [1.165, 1.54) is 29.4 Å². The highest BCUT2D eigenvalue weighted by molar-refractivity contribution is 7.84. The van der Waals surface area contributed by atoms with E-state index in [4.69, 9.17) is 9.88 Å². The van der Waals surface area contributed by atoms with Crippen molar-refractivity contribution < 1.29 is 32.3 Å². The molecule has 1 aromatic carbocycles. The number of carbonyl (C=O) groups excluding carboxylic acids is 1. The Bertz CT molecular complexity index is 1440. The first-order valence-corrected chi connectivity index (χ1v) is 14.4. The number of aliphatic hydroxyl groups excluding tert-OH is 2. The zero-order valence-corrected chi connectivity index (χ0v) is 22.1. The number of carbonyl (C=O) groups is 1. The van der Waals surface area contributed by atoms with Crippen LogP contribution in [0.5, 0.6) is 0 Å². The monoisotopic (exact) mass is 560 g/mol. The van der Waals surface area contributed by atoms with Crippen LogP contribution in [0.4, 0.5) is 5.82 Å². The van der Waals surface area contributed by atoms with E-state index in [2.05, 4.69) is 25.5 Å². The van der Waals surface area contributed by atoms with Crippen molar-refractivity contribution in [2.75, 3.05) is 18.5 Å². The highest BCUT2D eigenvalue weighted by Gasteiger charge is 2.42. The first-order valence-electron chi connectivity index (χ1n) is 12.1. The number of ether oxygens (including phenoxy) is 1. The second-order valence-electron chi connectivity index (χ2n) is 9.44. The minimum absolute atomic E-state index is 0.163. The summed E-state index contributed by atoms with van der Waals surface area (Å²) in [5, 5.41) is 28.8. The molecule has 0 spiro atoms. The molecule has 0 amide bonds. The molecule has 38 heavy (non-hydrogen) atoms. The summed E-state index contributed by atoms with van der Waals surface area (Å²) in [6, 6.07) is 9.27. The number of aliphatic hydroxyl groups is 2. The first kappa shape index (κ1) is 26.8. The third kappa shape index (κ3) is 5.50. The topological polar surface area (TPSA) is 174 Å². The number of aromatic nitrogens is 2. The van der Waals surface area contributed by atoms with Crippen LogP contribution in [0, 0.1) is 12.8 Å². The summed E-state index contributed by atoms with van der Waals surface area (Å²) in [5.74, 6) is -0.789. The normalized spacial score (nSPS) is 25.2. The smallest absolute Gasteiger partial charge is 0.333 e. The van der Waals surface area contributed by atoms with Gasteiger partial charge in [0.2, 0.25) is 5.78 Å². The molecule has 5 atom stereocenters. The van der Waals surface area contributed by atoms with E-state index in [0.717, 1.165) is 22.4 Å². The Balaban J connectivity index is 1.36. The molecule has 5 rings (SSSR count). The maximum atomic E-state index is 13.6. The highest BCUT2D eigenvalue weighted by Crippen LogP contribution is 2.38. The number of nitrogens with one attached hydrogen (secondary N) is 1. The summed E-state index contributed by atoms with van der Waals surface area (Å²) >= 11 is 1.36. The van der Waals surface area contributed by atoms with Crippen LogP contribution in [-0.2, 0) is 25.6 Å². The molecular weight excluding hydrogens is 532 g/mol. The Hall–Kier alpha value is -2.78. The third-order valence-electron chi connectivity index (χ3n) is 6.98. The minimum Gasteiger partial charge on any atom is -0.390 e. The Morgan fingerprint density at radius 1 is 1.26 bits per heavy atom. The van der Waals surface area contributed by atoms with Crippen molar-refractivity contribution in [1.82, 2.24) is 9.97 Å². The molecule has 1 unspecified atom stereocenters. The van der Waals surface area contributed by atoms with Crippen molar-refractivity contribution in [2.45, 2.75) is 44.1 Å². The van der Waals surface area contributed by atoms with E-state index in [1.807, 2.05) is 31.2 Å². The van der Waals surface area contributed by atoms with Crippen LogP contribution >= 0.6 is 11.3 Å². The van der Waals surface area contributed by atoms with Gasteiger partial charge in [-0.25, -0.2) is 15.1 Å². The number of hydrogen-bond donors (Lipinski definition) is 4. The average molecular weight is 561 g/mol. The molecule has 1 aliphatic heterocycles. The van der Waals surface area contributed by atoms with Gasteiger partial charge >= 0.3 is 10.3 Å². The van der Waals surface area contributed by atoms with Gasteiger partial charge in [-0.15, -0.1) is 11.3 Å². The fourth-order valence-corrected chi connectivity index (χ4v) is 6.42. The van der Waals surface area contributed by atoms with Gasteiger partial charge in [0.05, 0.1) is 35.8 Å². The van der Waals surface area contributed by atoms with Gasteiger partial charge < -0.3 is 20.3 Å². The number of thiophene rings is 1. The number of benzene rings is 1. The maximum Gasteiger partial charge on any atom is 0.333 e. The van der Waals surface area contributed by atoms with Crippen LogP contribution in [0.2, 0.25) is 0 Å². The van der Waals surface area contributed by atoms with Gasteiger partial charge in [-0.1, -0.05) is 24.3 Å². The number of fused-ring (bicyclic) bond motifs is 1. The van der Waals surface area contributed by atoms with Crippen LogP contribution in [-0.4, -0.2) is 65.8 Å². The zero-order valence-electron chi connectivity index (χ0n) is 20.5. The number of rotatable bonds is 8. The SMILES string of the molecule is Cc1sc(C(=O)c2cncnc2N[C@@H]2C[C@H](COS(N)(=O)=O)[C@@H](O)[C@H]2O)cc1C1OCCc2ccccc21. The summed E-state index contributed by atoms with van der Waals surface area (Å²) in [5.41, 5.74) is 3.47. The molecule has 5 N–H and O–H groups in total. The lowest BCUT2D eigenvalue weighted by Crippen LogP contribution is -2.36. The molecule has 13 heteroatoms. The number of ketones is 1. The number of anilines is 1. The lowest BCUT2D eigenvalue weighted by molar-refractivity contribution is 0.00778. The van der Waals surface area contributed by atoms with Gasteiger partial charge in [-0.2, -0.15) is 8.42 Å². The lowest BCUT2D eigenvalue weighted by atomic mass is 9.93. The molecule has 2 aromatic heterocycles. The lowest BCUT2D eigenvalue weighted by Gasteiger charge is -2.26. The summed E-state index contributed by atoms with van der Waals surface area (Å²) in [4.78, 5) is 23.3. The molecule has 3 aromatic rings. The standard InChI is InChI=1S/C25H28N4O7S2/c1-13-17(24-16-5-3-2-4-14(16)6-7-35-24)9-20(37-13)22(31)18-10-27-12-28-25(18)29-19-8-15(21(30)23(19)32)11-36-38(26,33)34/h2-5,9-10,12,15,19,21,23-24,30,32H,6-8,11H2,1H3,(H2,26,33,34)(H,27,28,29)/t15-,19-,21-,23+,24?/m1/s1. The van der Waals surface area contributed by atoms with Crippen molar-refractivity contribution in [3.63, 3.8) is 0 Å². The second-order valence-corrected chi connectivity index (χ2v) is 11.9. The van der Waals surface area contributed by atoms with E-state index in [1.54, 1.807) is 0 Å². The van der Waals surface area contributed by atoms with E-state index in [-0.39, 0.29) is 36.3 Å².